The summed E-state index contributed by atoms with van der Waals surface area (Å²) in [6.45, 7) is 0. The van der Waals surface area contributed by atoms with Gasteiger partial charge in [-0.15, -0.1) is 0 Å². The second-order valence-corrected chi connectivity index (χ2v) is 6.34. The highest BCUT2D eigenvalue weighted by Gasteiger charge is 2.18. The van der Waals surface area contributed by atoms with Gasteiger partial charge >= 0.3 is 0 Å². The number of aliphatic hydroxyl groups excluding tert-OH is 1. The number of benzene rings is 1. The van der Waals surface area contributed by atoms with E-state index >= 15 is 0 Å². The van der Waals surface area contributed by atoms with Gasteiger partial charge < -0.3 is 10.4 Å². The SMILES string of the molecule is O=C(C[C@H](O)c1ccc(Cl)cc1)N[C@@H]1CCCSC1. The van der Waals surface area contributed by atoms with Gasteiger partial charge in [0, 0.05) is 16.8 Å². The van der Waals surface area contributed by atoms with Crippen LogP contribution in [0.4, 0.5) is 0 Å². The summed E-state index contributed by atoms with van der Waals surface area (Å²) in [6, 6.07) is 7.18. The van der Waals surface area contributed by atoms with E-state index < -0.39 is 6.10 Å². The van der Waals surface area contributed by atoms with Crippen molar-refractivity contribution >= 4 is 29.3 Å². The quantitative estimate of drug-likeness (QED) is 0.899. The number of aliphatic hydroxyl groups is 1. The minimum Gasteiger partial charge on any atom is -0.388 e. The summed E-state index contributed by atoms with van der Waals surface area (Å²) in [5.41, 5.74) is 0.720. The summed E-state index contributed by atoms with van der Waals surface area (Å²) in [6.07, 6.45) is 1.52. The Balaban J connectivity index is 1.82. The number of thioether (sulfide) groups is 1. The van der Waals surface area contributed by atoms with E-state index in [2.05, 4.69) is 5.32 Å². The van der Waals surface area contributed by atoms with Crippen molar-refractivity contribution in [3.63, 3.8) is 0 Å². The number of carbonyl (C=O) groups excluding carboxylic acids is 1. The van der Waals surface area contributed by atoms with Crippen molar-refractivity contribution in [3.8, 4) is 0 Å². The van der Waals surface area contributed by atoms with Gasteiger partial charge in [0.25, 0.3) is 0 Å². The van der Waals surface area contributed by atoms with Crippen molar-refractivity contribution in [1.29, 1.82) is 0 Å². The molecule has 2 atom stereocenters. The van der Waals surface area contributed by atoms with Gasteiger partial charge in [0.1, 0.15) is 0 Å². The average Bonchev–Trinajstić information content (AvgIpc) is 2.40. The summed E-state index contributed by atoms with van der Waals surface area (Å²) in [5.74, 6) is 2.07. The van der Waals surface area contributed by atoms with Crippen LogP contribution in [-0.4, -0.2) is 28.6 Å². The summed E-state index contributed by atoms with van der Waals surface area (Å²) in [4.78, 5) is 11.9. The monoisotopic (exact) mass is 299 g/mol. The minimum atomic E-state index is -0.770. The van der Waals surface area contributed by atoms with Gasteiger partial charge in [0.2, 0.25) is 5.91 Å². The van der Waals surface area contributed by atoms with E-state index in [9.17, 15) is 9.90 Å². The van der Waals surface area contributed by atoms with Crippen molar-refractivity contribution in [1.82, 2.24) is 5.32 Å². The molecule has 2 rings (SSSR count). The highest BCUT2D eigenvalue weighted by atomic mass is 35.5. The van der Waals surface area contributed by atoms with Gasteiger partial charge in [0.05, 0.1) is 12.5 Å². The van der Waals surface area contributed by atoms with Crippen LogP contribution in [0.3, 0.4) is 0 Å². The second kappa shape index (κ2) is 7.17. The third kappa shape index (κ3) is 4.71. The Morgan fingerprint density at radius 1 is 1.47 bits per heavy atom. The number of hydrogen-bond acceptors (Lipinski definition) is 3. The van der Waals surface area contributed by atoms with Gasteiger partial charge in [-0.1, -0.05) is 23.7 Å². The van der Waals surface area contributed by atoms with Crippen molar-refractivity contribution in [2.75, 3.05) is 11.5 Å². The maximum atomic E-state index is 11.9. The van der Waals surface area contributed by atoms with Crippen molar-refractivity contribution < 1.29 is 9.90 Å². The van der Waals surface area contributed by atoms with Crippen LogP contribution in [0.15, 0.2) is 24.3 Å². The smallest absolute Gasteiger partial charge is 0.223 e. The Bertz CT molecular complexity index is 418. The molecule has 0 saturated carbocycles. The van der Waals surface area contributed by atoms with Gasteiger partial charge in [-0.3, -0.25) is 4.79 Å². The second-order valence-electron chi connectivity index (χ2n) is 4.75. The lowest BCUT2D eigenvalue weighted by atomic mass is 10.1. The van der Waals surface area contributed by atoms with E-state index in [1.165, 1.54) is 5.75 Å². The van der Waals surface area contributed by atoms with Gasteiger partial charge in [0.15, 0.2) is 0 Å². The molecule has 2 N–H and O–H groups in total. The van der Waals surface area contributed by atoms with E-state index in [0.29, 0.717) is 5.02 Å². The van der Waals surface area contributed by atoms with E-state index in [1.54, 1.807) is 24.3 Å². The molecule has 1 fully saturated rings. The number of hydrogen-bond donors (Lipinski definition) is 2. The molecule has 3 nitrogen and oxygen atoms in total. The Morgan fingerprint density at radius 3 is 2.84 bits per heavy atom. The Kier molecular flexibility index (Phi) is 5.55. The predicted octanol–water partition coefficient (Wildman–Crippen LogP) is 2.78. The standard InChI is InChI=1S/C14H18ClNO2S/c15-11-5-3-10(4-6-11)13(17)8-14(18)16-12-2-1-7-19-9-12/h3-6,12-13,17H,1-2,7-9H2,(H,16,18)/t12-,13+/m1/s1. The molecule has 1 saturated heterocycles. The van der Waals surface area contributed by atoms with Crippen molar-refractivity contribution in [2.24, 2.45) is 0 Å². The maximum absolute atomic E-state index is 11.9. The molecule has 104 valence electrons. The Hall–Kier alpha value is -0.710. The lowest BCUT2D eigenvalue weighted by Gasteiger charge is -2.23. The summed E-state index contributed by atoms with van der Waals surface area (Å²) < 4.78 is 0. The van der Waals surface area contributed by atoms with Crippen LogP contribution in [0.1, 0.15) is 30.9 Å². The molecule has 0 aliphatic carbocycles. The first-order chi connectivity index (χ1) is 9.15. The molecule has 19 heavy (non-hydrogen) atoms. The largest absolute Gasteiger partial charge is 0.388 e. The zero-order valence-electron chi connectivity index (χ0n) is 10.6. The molecule has 1 heterocycles. The zero-order valence-corrected chi connectivity index (χ0v) is 12.2. The van der Waals surface area contributed by atoms with Gasteiger partial charge in [-0.25, -0.2) is 0 Å². The van der Waals surface area contributed by atoms with Crippen LogP contribution in [0.5, 0.6) is 0 Å². The van der Waals surface area contributed by atoms with Crippen LogP contribution >= 0.6 is 23.4 Å². The molecule has 1 amide bonds. The minimum absolute atomic E-state index is 0.0880. The van der Waals surface area contributed by atoms with Crippen molar-refractivity contribution in [2.45, 2.75) is 31.4 Å². The lowest BCUT2D eigenvalue weighted by Crippen LogP contribution is -2.38. The summed E-state index contributed by atoms with van der Waals surface area (Å²) in [5, 5.41) is 13.6. The van der Waals surface area contributed by atoms with Crippen LogP contribution in [0, 0.1) is 0 Å². The predicted molar refractivity (Wildman–Crippen MR) is 79.5 cm³/mol. The molecular formula is C14H18ClNO2S. The highest BCUT2D eigenvalue weighted by Crippen LogP contribution is 2.20. The molecule has 1 aliphatic heterocycles. The third-order valence-corrected chi connectivity index (χ3v) is 4.63. The highest BCUT2D eigenvalue weighted by molar-refractivity contribution is 7.99. The van der Waals surface area contributed by atoms with Crippen LogP contribution in [0.2, 0.25) is 5.02 Å². The molecule has 0 radical (unpaired) electrons. The topological polar surface area (TPSA) is 49.3 Å². The van der Waals surface area contributed by atoms with E-state index in [4.69, 9.17) is 11.6 Å². The molecule has 1 aliphatic rings. The number of halogens is 1. The van der Waals surface area contributed by atoms with Crippen LogP contribution in [0.25, 0.3) is 0 Å². The first-order valence-corrected chi connectivity index (χ1v) is 7.99. The average molecular weight is 300 g/mol. The van der Waals surface area contributed by atoms with Gasteiger partial charge in [-0.05, 0) is 36.3 Å². The fraction of sp³-hybridized carbons (Fsp3) is 0.500. The maximum Gasteiger partial charge on any atom is 0.223 e. The summed E-state index contributed by atoms with van der Waals surface area (Å²) >= 11 is 7.66. The van der Waals surface area contributed by atoms with Gasteiger partial charge in [-0.2, -0.15) is 11.8 Å². The Labute approximate surface area is 122 Å². The zero-order chi connectivity index (χ0) is 13.7. The molecule has 1 aromatic rings. The molecule has 1 aromatic carbocycles. The molecule has 0 bridgehead atoms. The normalized spacial score (nSPS) is 20.8. The molecule has 5 heteroatoms. The third-order valence-electron chi connectivity index (χ3n) is 3.16. The molecule has 0 spiro atoms. The summed E-state index contributed by atoms with van der Waals surface area (Å²) in [7, 11) is 0. The first kappa shape index (κ1) is 14.7. The molecule has 0 aromatic heterocycles. The van der Waals surface area contributed by atoms with Crippen LogP contribution in [-0.2, 0) is 4.79 Å². The fourth-order valence-electron chi connectivity index (χ4n) is 2.12. The van der Waals surface area contributed by atoms with E-state index in [0.717, 1.165) is 24.2 Å². The fourth-order valence-corrected chi connectivity index (χ4v) is 3.32. The van der Waals surface area contributed by atoms with E-state index in [-0.39, 0.29) is 18.4 Å². The lowest BCUT2D eigenvalue weighted by molar-refractivity contribution is -0.123. The Morgan fingerprint density at radius 2 is 2.21 bits per heavy atom. The molecule has 0 unspecified atom stereocenters. The first-order valence-electron chi connectivity index (χ1n) is 6.46. The number of rotatable bonds is 4. The van der Waals surface area contributed by atoms with Crippen LogP contribution < -0.4 is 5.32 Å². The molecular weight excluding hydrogens is 282 g/mol. The van der Waals surface area contributed by atoms with E-state index in [1.807, 2.05) is 11.8 Å². The number of amides is 1. The number of carbonyl (C=O) groups is 1. The number of nitrogens with one attached hydrogen (secondary N) is 1. The van der Waals surface area contributed by atoms with Crippen molar-refractivity contribution in [3.05, 3.63) is 34.9 Å².